The van der Waals surface area contributed by atoms with Crippen molar-refractivity contribution < 1.29 is 9.47 Å². The van der Waals surface area contributed by atoms with Gasteiger partial charge in [-0.25, -0.2) is 19.9 Å². The summed E-state index contributed by atoms with van der Waals surface area (Å²) in [7, 11) is 0. The Morgan fingerprint density at radius 3 is 1.27 bits per heavy atom. The van der Waals surface area contributed by atoms with Gasteiger partial charge in [-0.2, -0.15) is 0 Å². The van der Waals surface area contributed by atoms with Crippen molar-refractivity contribution in [3.8, 4) is 51.7 Å². The standard InChI is InChI=1S/C64H45N7O2/c1-64(2,3)43-21-18-40(19-22-43)41-20-31-54-42(34-41)39-67-63(68-54)71-59-37-46(72-44-23-27-50-48-12-4-6-14-55(48)69(57(50)35-44)61-16-8-10-32-65-61)25-29-52(59)53-30-26-47(38-60(53)71)73-45-24-28-51-49-13-5-7-15-56(49)70(58(51)36-45)62-17-9-11-33-66-62/h4-39H,1-3H3. The lowest BCUT2D eigenvalue weighted by atomic mass is 9.86. The van der Waals surface area contributed by atoms with Crippen molar-refractivity contribution in [3.05, 3.63) is 224 Å². The summed E-state index contributed by atoms with van der Waals surface area (Å²) in [4.78, 5) is 19.8. The average Bonchev–Trinajstić information content (AvgIpc) is 4.05. The summed E-state index contributed by atoms with van der Waals surface area (Å²) < 4.78 is 20.1. The maximum Gasteiger partial charge on any atom is 0.235 e. The SMILES string of the molecule is CC(C)(C)c1ccc(-c2ccc3nc(-n4c5cc(Oc6ccc7c8ccccc8n(-c8ccccn8)c7c6)ccc5c5ccc(Oc6ccc7c8ccccc8n(-c8ccccn8)c7c6)cc54)ncc3c2)cc1. The highest BCUT2D eigenvalue weighted by molar-refractivity contribution is 6.12. The van der Waals surface area contributed by atoms with Gasteiger partial charge in [-0.15, -0.1) is 0 Å². The molecule has 0 N–H and O–H groups in total. The van der Waals surface area contributed by atoms with Crippen molar-refractivity contribution >= 4 is 76.3 Å². The number of aromatic nitrogens is 7. The lowest BCUT2D eigenvalue weighted by Gasteiger charge is -2.19. The lowest BCUT2D eigenvalue weighted by molar-refractivity contribution is 0.484. The molecule has 6 heterocycles. The molecular weight excluding hydrogens is 899 g/mol. The van der Waals surface area contributed by atoms with E-state index in [1.807, 2.05) is 79.3 Å². The van der Waals surface area contributed by atoms with E-state index in [9.17, 15) is 0 Å². The molecule has 73 heavy (non-hydrogen) atoms. The Kier molecular flexibility index (Phi) is 9.56. The third-order valence-electron chi connectivity index (χ3n) is 14.1. The van der Waals surface area contributed by atoms with E-state index in [2.05, 4.69) is 174 Å². The van der Waals surface area contributed by atoms with E-state index in [1.165, 1.54) is 5.56 Å². The van der Waals surface area contributed by atoms with E-state index >= 15 is 0 Å². The summed E-state index contributed by atoms with van der Waals surface area (Å²) in [6, 6.07) is 69.1. The smallest absolute Gasteiger partial charge is 0.235 e. The van der Waals surface area contributed by atoms with Crippen molar-refractivity contribution in [2.24, 2.45) is 0 Å². The fourth-order valence-corrected chi connectivity index (χ4v) is 10.6. The van der Waals surface area contributed by atoms with Gasteiger partial charge in [-0.1, -0.05) is 99.6 Å². The number of nitrogens with zero attached hydrogens (tertiary/aromatic N) is 7. The van der Waals surface area contributed by atoms with Crippen LogP contribution in [0, 0.1) is 0 Å². The van der Waals surface area contributed by atoms with Crippen LogP contribution in [0.25, 0.3) is 105 Å². The van der Waals surface area contributed by atoms with Gasteiger partial charge in [0.25, 0.3) is 0 Å². The van der Waals surface area contributed by atoms with Crippen LogP contribution in [0.3, 0.4) is 0 Å². The van der Waals surface area contributed by atoms with E-state index in [1.54, 1.807) is 0 Å². The number of rotatable bonds is 8. The number of pyridine rings is 2. The number of ether oxygens (including phenoxy) is 2. The first-order chi connectivity index (χ1) is 35.8. The first-order valence-corrected chi connectivity index (χ1v) is 24.5. The van der Waals surface area contributed by atoms with Crippen LogP contribution >= 0.6 is 0 Å². The minimum Gasteiger partial charge on any atom is -0.457 e. The zero-order chi connectivity index (χ0) is 48.8. The summed E-state index contributed by atoms with van der Waals surface area (Å²) in [5, 5.41) is 7.55. The highest BCUT2D eigenvalue weighted by atomic mass is 16.5. The molecule has 6 aromatic heterocycles. The predicted octanol–water partition coefficient (Wildman–Crippen LogP) is 16.3. The molecule has 9 heteroatoms. The molecular formula is C64H45N7O2. The number of para-hydroxylation sites is 2. The first kappa shape index (κ1) is 42.3. The third-order valence-corrected chi connectivity index (χ3v) is 14.1. The van der Waals surface area contributed by atoms with Crippen molar-refractivity contribution in [1.82, 2.24) is 33.6 Å². The Labute approximate surface area is 419 Å². The Bertz CT molecular complexity index is 4260. The quantitative estimate of drug-likeness (QED) is 0.151. The van der Waals surface area contributed by atoms with Gasteiger partial charge in [0.2, 0.25) is 5.95 Å². The molecule has 8 aromatic carbocycles. The van der Waals surface area contributed by atoms with Gasteiger partial charge < -0.3 is 9.47 Å². The van der Waals surface area contributed by atoms with Crippen molar-refractivity contribution in [2.45, 2.75) is 26.2 Å². The van der Waals surface area contributed by atoms with Gasteiger partial charge in [0.05, 0.1) is 38.6 Å². The molecule has 0 aliphatic rings. The van der Waals surface area contributed by atoms with Gasteiger partial charge in [0, 0.05) is 80.6 Å². The van der Waals surface area contributed by atoms with Crippen molar-refractivity contribution in [3.63, 3.8) is 0 Å². The van der Waals surface area contributed by atoms with Crippen LogP contribution in [0.5, 0.6) is 23.0 Å². The van der Waals surface area contributed by atoms with Crippen LogP contribution in [0.4, 0.5) is 0 Å². The molecule has 0 radical (unpaired) electrons. The minimum atomic E-state index is 0.0766. The van der Waals surface area contributed by atoms with Gasteiger partial charge >= 0.3 is 0 Å². The molecule has 0 saturated carbocycles. The zero-order valence-electron chi connectivity index (χ0n) is 40.2. The molecule has 0 aliphatic heterocycles. The molecule has 9 nitrogen and oxygen atoms in total. The largest absolute Gasteiger partial charge is 0.457 e. The Morgan fingerprint density at radius 2 is 0.808 bits per heavy atom. The maximum absolute atomic E-state index is 6.80. The third kappa shape index (κ3) is 7.15. The highest BCUT2D eigenvalue weighted by Gasteiger charge is 2.20. The molecule has 14 aromatic rings. The maximum atomic E-state index is 6.80. The van der Waals surface area contributed by atoms with Gasteiger partial charge in [0.15, 0.2) is 0 Å². The van der Waals surface area contributed by atoms with E-state index in [-0.39, 0.29) is 5.41 Å². The molecule has 0 saturated heterocycles. The van der Waals surface area contributed by atoms with E-state index in [4.69, 9.17) is 29.4 Å². The van der Waals surface area contributed by atoms with E-state index < -0.39 is 0 Å². The van der Waals surface area contributed by atoms with Gasteiger partial charge in [-0.3, -0.25) is 13.7 Å². The van der Waals surface area contributed by atoms with E-state index in [0.29, 0.717) is 28.9 Å². The Balaban J connectivity index is 0.891. The monoisotopic (exact) mass is 943 g/mol. The van der Waals surface area contributed by atoms with Crippen LogP contribution in [0.15, 0.2) is 219 Å². The molecule has 14 rings (SSSR count). The Morgan fingerprint density at radius 1 is 0.370 bits per heavy atom. The molecule has 0 aliphatic carbocycles. The lowest BCUT2D eigenvalue weighted by Crippen LogP contribution is -2.10. The summed E-state index contributed by atoms with van der Waals surface area (Å²) in [6.45, 7) is 6.71. The molecule has 0 bridgehead atoms. The highest BCUT2D eigenvalue weighted by Crippen LogP contribution is 2.41. The molecule has 0 fully saturated rings. The predicted molar refractivity (Wildman–Crippen MR) is 295 cm³/mol. The summed E-state index contributed by atoms with van der Waals surface area (Å²) in [5.74, 6) is 4.97. The normalized spacial score (nSPS) is 12.0. The summed E-state index contributed by atoms with van der Waals surface area (Å²) in [6.07, 6.45) is 5.58. The van der Waals surface area contributed by atoms with Gasteiger partial charge in [0.1, 0.15) is 34.6 Å². The second kappa shape index (κ2) is 16.5. The fraction of sp³-hybridized carbons (Fsp3) is 0.0625. The van der Waals surface area contributed by atoms with Crippen LogP contribution < -0.4 is 9.47 Å². The number of fused-ring (bicyclic) bond motifs is 10. The zero-order valence-corrected chi connectivity index (χ0v) is 40.2. The average molecular weight is 944 g/mol. The molecule has 0 amide bonds. The first-order valence-electron chi connectivity index (χ1n) is 24.5. The summed E-state index contributed by atoms with van der Waals surface area (Å²) >= 11 is 0. The molecule has 0 atom stereocenters. The minimum absolute atomic E-state index is 0.0766. The number of benzene rings is 8. The second-order valence-corrected chi connectivity index (χ2v) is 19.6. The Hall–Kier alpha value is -9.60. The molecule has 0 spiro atoms. The van der Waals surface area contributed by atoms with Crippen molar-refractivity contribution in [2.75, 3.05) is 0 Å². The fourth-order valence-electron chi connectivity index (χ4n) is 10.6. The molecule has 0 unspecified atom stereocenters. The van der Waals surface area contributed by atoms with Crippen LogP contribution in [0.1, 0.15) is 26.3 Å². The topological polar surface area (TPSA) is 84.8 Å². The molecule has 348 valence electrons. The van der Waals surface area contributed by atoms with Crippen molar-refractivity contribution in [1.29, 1.82) is 0 Å². The summed E-state index contributed by atoms with van der Waals surface area (Å²) in [5.41, 5.74) is 10.4. The van der Waals surface area contributed by atoms with Crippen LogP contribution in [0.2, 0.25) is 0 Å². The van der Waals surface area contributed by atoms with Gasteiger partial charge in [-0.05, 0) is 119 Å². The van der Waals surface area contributed by atoms with E-state index in [0.717, 1.165) is 99.1 Å². The second-order valence-electron chi connectivity index (χ2n) is 19.6. The van der Waals surface area contributed by atoms with Crippen LogP contribution in [-0.4, -0.2) is 33.6 Å². The van der Waals surface area contributed by atoms with Crippen LogP contribution in [-0.2, 0) is 5.41 Å². The number of hydrogen-bond donors (Lipinski definition) is 0. The number of hydrogen-bond acceptors (Lipinski definition) is 6.